The first-order valence-corrected chi connectivity index (χ1v) is 11.3. The third-order valence-electron chi connectivity index (χ3n) is 5.51. The van der Waals surface area contributed by atoms with Crippen LogP contribution in [0.15, 0.2) is 48.5 Å². The molecule has 0 aliphatic carbocycles. The number of carbonyl (C=O) groups is 1. The Morgan fingerprint density at radius 1 is 1.19 bits per heavy atom. The van der Waals surface area contributed by atoms with Gasteiger partial charge in [-0.25, -0.2) is 0 Å². The summed E-state index contributed by atoms with van der Waals surface area (Å²) in [6.45, 7) is 0.107. The molecule has 36 heavy (non-hydrogen) atoms. The number of aromatic nitrogens is 2. The van der Waals surface area contributed by atoms with Crippen molar-refractivity contribution in [3.05, 3.63) is 64.8 Å². The average Bonchev–Trinajstić information content (AvgIpc) is 3.16. The molecule has 1 aromatic heterocycles. The molecule has 2 heterocycles. The van der Waals surface area contributed by atoms with Gasteiger partial charge in [0.2, 0.25) is 12.3 Å². The first kappa shape index (κ1) is 25.6. The Labute approximate surface area is 209 Å². The normalized spacial score (nSPS) is 15.8. The van der Waals surface area contributed by atoms with E-state index in [0.717, 1.165) is 17.7 Å². The Morgan fingerprint density at radius 2 is 1.92 bits per heavy atom. The van der Waals surface area contributed by atoms with Gasteiger partial charge in [-0.2, -0.15) is 4.98 Å². The van der Waals surface area contributed by atoms with Crippen LogP contribution in [0.25, 0.3) is 0 Å². The van der Waals surface area contributed by atoms with Gasteiger partial charge in [-0.1, -0.05) is 29.8 Å². The number of carbonyl (C=O) groups excluding carboxylic acids is 1. The second-order valence-electron chi connectivity index (χ2n) is 8.05. The van der Waals surface area contributed by atoms with Gasteiger partial charge in [-0.15, -0.1) is 13.2 Å². The van der Waals surface area contributed by atoms with Crippen molar-refractivity contribution < 1.29 is 32.9 Å². The van der Waals surface area contributed by atoms with Crippen molar-refractivity contribution in [2.24, 2.45) is 0 Å². The number of aliphatic hydroxyl groups is 2. The summed E-state index contributed by atoms with van der Waals surface area (Å²) in [5.41, 5.74) is 1.19. The van der Waals surface area contributed by atoms with E-state index in [1.54, 1.807) is 35.9 Å². The number of halogens is 4. The van der Waals surface area contributed by atoms with Crippen LogP contribution in [-0.4, -0.2) is 63.5 Å². The summed E-state index contributed by atoms with van der Waals surface area (Å²) >= 11 is 5.99. The topological polar surface area (TPSA) is 103 Å². The maximum atomic E-state index is 13.4. The number of fused-ring (bicyclic) bond motifs is 1. The first-order chi connectivity index (χ1) is 17.1. The Bertz CT molecular complexity index is 1240. The molecular weight excluding hydrogens is 503 g/mol. The maximum Gasteiger partial charge on any atom is 0.573 e. The molecule has 0 fully saturated rings. The van der Waals surface area contributed by atoms with Gasteiger partial charge in [0.15, 0.2) is 11.5 Å². The minimum Gasteiger partial charge on any atom is -0.406 e. The summed E-state index contributed by atoms with van der Waals surface area (Å²) in [5.74, 6) is -0.581. The zero-order chi connectivity index (χ0) is 26.0. The summed E-state index contributed by atoms with van der Waals surface area (Å²) in [7, 11) is 1.56. The van der Waals surface area contributed by atoms with Gasteiger partial charge in [0, 0.05) is 37.0 Å². The van der Waals surface area contributed by atoms with E-state index in [1.165, 1.54) is 21.9 Å². The van der Waals surface area contributed by atoms with E-state index in [0.29, 0.717) is 5.02 Å². The molecule has 0 saturated heterocycles. The third kappa shape index (κ3) is 5.50. The van der Waals surface area contributed by atoms with E-state index in [4.69, 9.17) is 11.6 Å². The molecule has 4 rings (SSSR count). The lowest BCUT2D eigenvalue weighted by atomic mass is 10.2. The van der Waals surface area contributed by atoms with E-state index in [9.17, 15) is 28.2 Å². The van der Waals surface area contributed by atoms with E-state index in [1.807, 2.05) is 0 Å². The molecule has 1 aliphatic heterocycles. The van der Waals surface area contributed by atoms with Crippen molar-refractivity contribution >= 4 is 35.0 Å². The van der Waals surface area contributed by atoms with Crippen molar-refractivity contribution in [3.8, 4) is 5.75 Å². The quantitative estimate of drug-likeness (QED) is 0.411. The fourth-order valence-corrected chi connectivity index (χ4v) is 3.96. The number of benzene rings is 2. The molecule has 1 aliphatic rings. The number of hydrogen-bond donors (Lipinski definition) is 3. The number of hydrogen-bond acceptors (Lipinski definition) is 7. The predicted molar refractivity (Wildman–Crippen MR) is 126 cm³/mol. The Morgan fingerprint density at radius 3 is 2.58 bits per heavy atom. The minimum absolute atomic E-state index is 0.103. The second-order valence-corrected chi connectivity index (χ2v) is 8.49. The number of ether oxygens (including phenoxy) is 1. The molecule has 0 bridgehead atoms. The molecule has 0 spiro atoms. The number of alkyl halides is 3. The van der Waals surface area contributed by atoms with E-state index in [-0.39, 0.29) is 49.3 Å². The van der Waals surface area contributed by atoms with E-state index < -0.39 is 24.4 Å². The fourth-order valence-electron chi connectivity index (χ4n) is 3.84. The highest BCUT2D eigenvalue weighted by Crippen LogP contribution is 2.34. The van der Waals surface area contributed by atoms with Crippen molar-refractivity contribution in [3.63, 3.8) is 0 Å². The van der Waals surface area contributed by atoms with Crippen molar-refractivity contribution in [2.75, 3.05) is 30.4 Å². The Kier molecular flexibility index (Phi) is 7.29. The number of nitrogens with zero attached hydrogens (tertiary/aromatic N) is 4. The lowest BCUT2D eigenvalue weighted by Crippen LogP contribution is -2.54. The number of anilines is 3. The van der Waals surface area contributed by atoms with Crippen LogP contribution in [0.3, 0.4) is 0 Å². The van der Waals surface area contributed by atoms with Crippen LogP contribution < -0.4 is 15.0 Å². The monoisotopic (exact) mass is 525 g/mol. The van der Waals surface area contributed by atoms with E-state index >= 15 is 0 Å². The molecule has 13 heteroatoms. The molecule has 1 atom stereocenters. The van der Waals surface area contributed by atoms with Crippen LogP contribution in [0.4, 0.5) is 30.6 Å². The maximum absolute atomic E-state index is 13.4. The molecule has 9 nitrogen and oxygen atoms in total. The highest BCUT2D eigenvalue weighted by molar-refractivity contribution is 6.30. The molecule has 3 aromatic rings. The number of aliphatic hydroxyl groups excluding tert-OH is 2. The molecule has 2 aromatic carbocycles. The van der Waals surface area contributed by atoms with Crippen molar-refractivity contribution in [2.45, 2.75) is 25.7 Å². The predicted octanol–water partition coefficient (Wildman–Crippen LogP) is 3.78. The summed E-state index contributed by atoms with van der Waals surface area (Å²) in [6.07, 6.45) is -5.91. The third-order valence-corrected chi connectivity index (χ3v) is 5.76. The van der Waals surface area contributed by atoms with Crippen LogP contribution in [0.1, 0.15) is 22.5 Å². The van der Waals surface area contributed by atoms with E-state index in [2.05, 4.69) is 15.0 Å². The zero-order valence-corrected chi connectivity index (χ0v) is 19.8. The average molecular weight is 526 g/mol. The second kappa shape index (κ2) is 10.2. The van der Waals surface area contributed by atoms with Gasteiger partial charge in [0.05, 0.1) is 6.54 Å². The molecule has 1 unspecified atom stereocenters. The molecule has 192 valence electrons. The fraction of sp³-hybridized carbons (Fsp3) is 0.304. The number of imidazole rings is 1. The molecule has 1 amide bonds. The van der Waals surface area contributed by atoms with Crippen LogP contribution in [-0.2, 0) is 6.54 Å². The Hall–Kier alpha value is -3.48. The number of amides is 1. The number of nitrogens with one attached hydrogen (secondary N) is 1. The summed E-state index contributed by atoms with van der Waals surface area (Å²) in [5, 5.41) is 23.4. The molecular formula is C23H23ClF3N5O4. The summed E-state index contributed by atoms with van der Waals surface area (Å²) in [4.78, 5) is 20.5. The SMILES string of the molecule is CN1c2nc(Nc3cccc(OC(F)(F)F)c3)n(Cc3ccc(Cl)cc3)c2C(=O)N(CCCO)C1O. The highest BCUT2D eigenvalue weighted by atomic mass is 35.5. The van der Waals surface area contributed by atoms with Gasteiger partial charge in [0.1, 0.15) is 5.75 Å². The van der Waals surface area contributed by atoms with Crippen LogP contribution in [0, 0.1) is 0 Å². The standard InChI is InChI=1S/C23H23ClF3N5O4/c1-30-19-18(20(34)31(22(30)35)10-3-11-33)32(13-14-6-8-15(24)9-7-14)21(29-19)28-16-4-2-5-17(12-16)36-23(25,26)27/h2,4-9,12,22,33,35H,3,10-11,13H2,1H3,(H,28,29). The van der Waals surface area contributed by atoms with Crippen LogP contribution >= 0.6 is 11.6 Å². The summed E-state index contributed by atoms with van der Waals surface area (Å²) < 4.78 is 43.6. The first-order valence-electron chi connectivity index (χ1n) is 10.9. The van der Waals surface area contributed by atoms with Crippen LogP contribution in [0.2, 0.25) is 5.02 Å². The minimum atomic E-state index is -4.85. The highest BCUT2D eigenvalue weighted by Gasteiger charge is 2.39. The van der Waals surface area contributed by atoms with Crippen molar-refractivity contribution in [1.29, 1.82) is 0 Å². The smallest absolute Gasteiger partial charge is 0.406 e. The molecule has 3 N–H and O–H groups in total. The van der Waals surface area contributed by atoms with Gasteiger partial charge >= 0.3 is 6.36 Å². The lowest BCUT2D eigenvalue weighted by Gasteiger charge is -2.38. The summed E-state index contributed by atoms with van der Waals surface area (Å²) in [6, 6.07) is 12.1. The lowest BCUT2D eigenvalue weighted by molar-refractivity contribution is -0.274. The van der Waals surface area contributed by atoms with Gasteiger partial charge in [0.25, 0.3) is 5.91 Å². The van der Waals surface area contributed by atoms with Crippen LogP contribution in [0.5, 0.6) is 5.75 Å². The Balaban J connectivity index is 1.76. The zero-order valence-electron chi connectivity index (χ0n) is 19.0. The molecule has 0 saturated carbocycles. The largest absolute Gasteiger partial charge is 0.573 e. The van der Waals surface area contributed by atoms with Gasteiger partial charge in [-0.05, 0) is 36.2 Å². The number of rotatable bonds is 8. The van der Waals surface area contributed by atoms with Gasteiger partial charge in [-0.3, -0.25) is 14.3 Å². The molecule has 0 radical (unpaired) electrons. The van der Waals surface area contributed by atoms with Gasteiger partial charge < -0.3 is 25.2 Å². The van der Waals surface area contributed by atoms with Crippen molar-refractivity contribution in [1.82, 2.24) is 14.5 Å².